The molecule has 10 nitrogen and oxygen atoms in total. The van der Waals surface area contributed by atoms with Gasteiger partial charge < -0.3 is 31.3 Å². The highest BCUT2D eigenvalue weighted by molar-refractivity contribution is 6.23. The SMILES string of the molecule is CN(C)c1ccc(O)c2c1CC1CC3C4NC(=O)C(O)C4=C(C(N)=O)C(=O)C3C(O)=C1C2=O. The smallest absolute Gasteiger partial charge is 0.253 e. The van der Waals surface area contributed by atoms with E-state index in [1.807, 2.05) is 19.0 Å². The molecule has 1 saturated heterocycles. The van der Waals surface area contributed by atoms with Crippen LogP contribution in [-0.2, 0) is 20.8 Å². The van der Waals surface area contributed by atoms with E-state index in [4.69, 9.17) is 5.73 Å². The number of nitrogens with zero attached hydrogens (tertiary/aromatic N) is 1. The lowest BCUT2D eigenvalue weighted by Gasteiger charge is -2.44. The first-order valence-electron chi connectivity index (χ1n) is 10.6. The van der Waals surface area contributed by atoms with Gasteiger partial charge in [0.05, 0.1) is 23.1 Å². The number of aliphatic hydroxyl groups is 2. The van der Waals surface area contributed by atoms with Gasteiger partial charge >= 0.3 is 0 Å². The van der Waals surface area contributed by atoms with Crippen molar-refractivity contribution in [2.75, 3.05) is 19.0 Å². The second-order valence-corrected chi connectivity index (χ2v) is 9.21. The maximum absolute atomic E-state index is 13.5. The van der Waals surface area contributed by atoms with E-state index in [1.54, 1.807) is 6.07 Å². The van der Waals surface area contributed by atoms with Gasteiger partial charge in [-0.3, -0.25) is 19.2 Å². The number of nitrogens with two attached hydrogens (primary N) is 1. The van der Waals surface area contributed by atoms with Crippen molar-refractivity contribution in [1.29, 1.82) is 0 Å². The molecule has 5 rings (SSSR count). The number of phenols is 1. The molecule has 33 heavy (non-hydrogen) atoms. The lowest BCUT2D eigenvalue weighted by atomic mass is 9.60. The molecule has 5 atom stereocenters. The summed E-state index contributed by atoms with van der Waals surface area (Å²) in [5, 5.41) is 34.6. The van der Waals surface area contributed by atoms with Gasteiger partial charge in [0.15, 0.2) is 17.7 Å². The zero-order valence-corrected chi connectivity index (χ0v) is 18.0. The number of carbonyl (C=O) groups excluding carboxylic acids is 4. The molecule has 2 amide bonds. The Bertz CT molecular complexity index is 1230. The molecule has 10 heteroatoms. The van der Waals surface area contributed by atoms with Crippen LogP contribution in [0.1, 0.15) is 22.3 Å². The second kappa shape index (κ2) is 6.92. The van der Waals surface area contributed by atoms with Gasteiger partial charge in [0, 0.05) is 36.8 Å². The molecule has 1 aromatic rings. The number of primary amides is 1. The largest absolute Gasteiger partial charge is 0.511 e. The zero-order valence-electron chi connectivity index (χ0n) is 18.0. The van der Waals surface area contributed by atoms with Gasteiger partial charge in [-0.05, 0) is 36.5 Å². The molecule has 1 heterocycles. The fourth-order valence-corrected chi connectivity index (χ4v) is 5.99. The molecule has 1 aromatic carbocycles. The van der Waals surface area contributed by atoms with Gasteiger partial charge in [-0.1, -0.05) is 0 Å². The highest BCUT2D eigenvalue weighted by Crippen LogP contribution is 2.51. The second-order valence-electron chi connectivity index (χ2n) is 9.21. The molecule has 0 aromatic heterocycles. The molecular formula is C23H23N3O7. The first kappa shape index (κ1) is 21.2. The Labute approximate surface area is 188 Å². The molecule has 1 aliphatic heterocycles. The maximum atomic E-state index is 13.5. The third-order valence-corrected chi connectivity index (χ3v) is 7.30. The van der Waals surface area contributed by atoms with Crippen molar-refractivity contribution in [2.45, 2.75) is 25.0 Å². The van der Waals surface area contributed by atoms with Crippen LogP contribution in [0.4, 0.5) is 5.69 Å². The van der Waals surface area contributed by atoms with E-state index in [-0.39, 0.29) is 28.9 Å². The summed E-state index contributed by atoms with van der Waals surface area (Å²) in [4.78, 5) is 52.9. The Kier molecular flexibility index (Phi) is 4.44. The number of fused-ring (bicyclic) bond motifs is 5. The van der Waals surface area contributed by atoms with E-state index in [0.29, 0.717) is 12.0 Å². The molecule has 0 bridgehead atoms. The lowest BCUT2D eigenvalue weighted by molar-refractivity contribution is -0.127. The van der Waals surface area contributed by atoms with Crippen molar-refractivity contribution in [3.8, 4) is 5.75 Å². The minimum Gasteiger partial charge on any atom is -0.511 e. The van der Waals surface area contributed by atoms with Gasteiger partial charge in [0.25, 0.3) is 11.8 Å². The number of Topliss-reactive ketones (excluding diaryl/α,β-unsaturated/α-hetero) is 2. The highest BCUT2D eigenvalue weighted by Gasteiger charge is 2.57. The lowest BCUT2D eigenvalue weighted by Crippen LogP contribution is -2.51. The minimum absolute atomic E-state index is 0.0282. The van der Waals surface area contributed by atoms with E-state index in [0.717, 1.165) is 5.69 Å². The first-order chi connectivity index (χ1) is 15.5. The van der Waals surface area contributed by atoms with Crippen LogP contribution in [0.2, 0.25) is 0 Å². The van der Waals surface area contributed by atoms with Crippen LogP contribution in [0.15, 0.2) is 34.6 Å². The number of benzene rings is 1. The number of amides is 2. The van der Waals surface area contributed by atoms with Crippen LogP contribution in [0.3, 0.4) is 0 Å². The Morgan fingerprint density at radius 2 is 1.88 bits per heavy atom. The molecule has 6 N–H and O–H groups in total. The normalized spacial score (nSPS) is 30.4. The van der Waals surface area contributed by atoms with E-state index < -0.39 is 64.6 Å². The topological polar surface area (TPSA) is 170 Å². The number of rotatable bonds is 2. The molecule has 0 spiro atoms. The number of aromatic hydroxyl groups is 1. The zero-order chi connectivity index (χ0) is 23.9. The van der Waals surface area contributed by atoms with Crippen molar-refractivity contribution in [2.24, 2.45) is 23.5 Å². The summed E-state index contributed by atoms with van der Waals surface area (Å²) in [7, 11) is 3.63. The van der Waals surface area contributed by atoms with Crippen molar-refractivity contribution in [3.63, 3.8) is 0 Å². The molecule has 3 aliphatic carbocycles. The molecule has 172 valence electrons. The van der Waals surface area contributed by atoms with Gasteiger partial charge in [-0.15, -0.1) is 0 Å². The summed E-state index contributed by atoms with van der Waals surface area (Å²) in [6.07, 6.45) is -1.11. The van der Waals surface area contributed by atoms with Crippen molar-refractivity contribution in [3.05, 3.63) is 45.7 Å². The van der Waals surface area contributed by atoms with Gasteiger partial charge in [0.2, 0.25) is 0 Å². The van der Waals surface area contributed by atoms with Crippen molar-refractivity contribution in [1.82, 2.24) is 5.32 Å². The summed E-state index contributed by atoms with van der Waals surface area (Å²) in [6.45, 7) is 0. The first-order valence-corrected chi connectivity index (χ1v) is 10.6. The number of carbonyl (C=O) groups is 4. The number of phenolic OH excluding ortho intramolecular Hbond substituents is 1. The summed E-state index contributed by atoms with van der Waals surface area (Å²) < 4.78 is 0. The summed E-state index contributed by atoms with van der Waals surface area (Å²) >= 11 is 0. The summed E-state index contributed by atoms with van der Waals surface area (Å²) in [5.41, 5.74) is 6.32. The third-order valence-electron chi connectivity index (χ3n) is 7.30. The Morgan fingerprint density at radius 1 is 1.18 bits per heavy atom. The van der Waals surface area contributed by atoms with Crippen LogP contribution in [0, 0.1) is 17.8 Å². The Morgan fingerprint density at radius 3 is 2.52 bits per heavy atom. The standard InChI is InChI=1S/C23H23N3O7/c1-26(2)10-3-4-11(27)13-8(10)5-7-6-9-14(19(29)12(7)18(13)28)20(30)16(22(24)32)15-17(9)25-23(33)21(15)31/h3-4,7,9,14,17,21,27,29,31H,5-6H2,1-2H3,(H2,24,32)(H,25,33). The predicted octanol–water partition coefficient (Wildman–Crippen LogP) is -0.515. The highest BCUT2D eigenvalue weighted by atomic mass is 16.3. The van der Waals surface area contributed by atoms with Gasteiger partial charge in [-0.2, -0.15) is 0 Å². The fraction of sp³-hybridized carbons (Fsp3) is 0.391. The fourth-order valence-electron chi connectivity index (χ4n) is 5.99. The summed E-state index contributed by atoms with van der Waals surface area (Å²) in [6, 6.07) is 2.26. The number of hydrogen-bond donors (Lipinski definition) is 5. The van der Waals surface area contributed by atoms with Crippen LogP contribution < -0.4 is 16.0 Å². The maximum Gasteiger partial charge on any atom is 0.253 e. The monoisotopic (exact) mass is 453 g/mol. The predicted molar refractivity (Wildman–Crippen MR) is 114 cm³/mol. The number of ketones is 2. The van der Waals surface area contributed by atoms with Gasteiger partial charge in [0.1, 0.15) is 11.5 Å². The molecule has 1 fully saturated rings. The Hall–Kier alpha value is -3.66. The van der Waals surface area contributed by atoms with Crippen LogP contribution in [0.25, 0.3) is 0 Å². The van der Waals surface area contributed by atoms with E-state index in [1.165, 1.54) is 6.07 Å². The van der Waals surface area contributed by atoms with E-state index in [2.05, 4.69) is 5.32 Å². The number of aliphatic hydroxyl groups excluding tert-OH is 2. The molecule has 4 aliphatic rings. The number of nitrogens with one attached hydrogen (secondary N) is 1. The van der Waals surface area contributed by atoms with Crippen LogP contribution in [0.5, 0.6) is 5.75 Å². The average Bonchev–Trinajstić information content (AvgIpc) is 3.02. The van der Waals surface area contributed by atoms with Gasteiger partial charge in [-0.25, -0.2) is 0 Å². The van der Waals surface area contributed by atoms with Crippen molar-refractivity contribution >= 4 is 29.1 Å². The summed E-state index contributed by atoms with van der Waals surface area (Å²) in [5.74, 6) is -6.35. The third kappa shape index (κ3) is 2.70. The number of anilines is 1. The number of allylic oxidation sites excluding steroid dienone is 2. The minimum atomic E-state index is -1.68. The molecule has 0 radical (unpaired) electrons. The molecule has 5 unspecified atom stereocenters. The molecule has 0 saturated carbocycles. The average molecular weight is 453 g/mol. The molecular weight excluding hydrogens is 430 g/mol. The van der Waals surface area contributed by atoms with E-state index >= 15 is 0 Å². The van der Waals surface area contributed by atoms with Crippen LogP contribution >= 0.6 is 0 Å². The Balaban J connectivity index is 1.69. The van der Waals surface area contributed by atoms with Crippen LogP contribution in [-0.4, -0.2) is 64.9 Å². The van der Waals surface area contributed by atoms with Crippen molar-refractivity contribution < 1.29 is 34.5 Å². The quantitative estimate of drug-likeness (QED) is 0.373. The number of hydrogen-bond acceptors (Lipinski definition) is 8. The van der Waals surface area contributed by atoms with E-state index in [9.17, 15) is 34.5 Å².